The molecule has 0 unspecified atom stereocenters. The fourth-order valence-corrected chi connectivity index (χ4v) is 3.12. The molecule has 0 amide bonds. The maximum atomic E-state index is 12.8. The van der Waals surface area contributed by atoms with Crippen molar-refractivity contribution >= 4 is 17.7 Å². The summed E-state index contributed by atoms with van der Waals surface area (Å²) in [6, 6.07) is 3.06. The Labute approximate surface area is 160 Å². The lowest BCUT2D eigenvalue weighted by Crippen LogP contribution is -2.40. The van der Waals surface area contributed by atoms with E-state index in [0.717, 1.165) is 4.57 Å². The molecule has 2 aromatic rings. The number of anilines is 1. The third-order valence-corrected chi connectivity index (χ3v) is 4.53. The molecule has 1 aromatic carbocycles. The van der Waals surface area contributed by atoms with Crippen molar-refractivity contribution in [1.82, 2.24) is 9.13 Å². The molecule has 0 radical (unpaired) electrons. The van der Waals surface area contributed by atoms with Crippen LogP contribution in [0.5, 0.6) is 17.2 Å². The number of aromatic hydroxyl groups is 1. The number of ether oxygens (including phenoxy) is 2. The summed E-state index contributed by atoms with van der Waals surface area (Å²) in [4.78, 5) is 37.7. The number of carbonyl (C=O) groups is 1. The Hall–Kier alpha value is -3.49. The van der Waals surface area contributed by atoms with Crippen LogP contribution in [0.2, 0.25) is 0 Å². The van der Waals surface area contributed by atoms with Crippen LogP contribution in [0, 0.1) is 0 Å². The number of Topliss-reactive ketones (excluding diaryl/α,β-unsaturated/α-hetero) is 1. The van der Waals surface area contributed by atoms with Gasteiger partial charge in [0.15, 0.2) is 11.5 Å². The van der Waals surface area contributed by atoms with E-state index in [9.17, 15) is 19.5 Å². The van der Waals surface area contributed by atoms with E-state index in [1.165, 1.54) is 44.0 Å². The number of fused-ring (bicyclic) bond motifs is 1. The Bertz CT molecular complexity index is 1080. The second kappa shape index (κ2) is 7.26. The average molecular weight is 387 g/mol. The van der Waals surface area contributed by atoms with Crippen molar-refractivity contribution in [1.29, 1.82) is 0 Å². The van der Waals surface area contributed by atoms with Gasteiger partial charge in [0.05, 0.1) is 19.9 Å². The molecule has 9 heteroatoms. The van der Waals surface area contributed by atoms with Crippen molar-refractivity contribution in [3.63, 3.8) is 0 Å². The number of rotatable bonds is 5. The number of allylic oxidation sites excluding steroid dienone is 1. The maximum Gasteiger partial charge on any atom is 0.332 e. The monoisotopic (exact) mass is 387 g/mol. The Kier molecular flexibility index (Phi) is 5.00. The van der Waals surface area contributed by atoms with E-state index in [4.69, 9.17) is 9.47 Å². The molecule has 2 heterocycles. The number of hydrogen-bond acceptors (Lipinski definition) is 7. The van der Waals surface area contributed by atoms with Gasteiger partial charge in [-0.2, -0.15) is 0 Å². The Morgan fingerprint density at radius 1 is 1.14 bits per heavy atom. The van der Waals surface area contributed by atoms with Crippen LogP contribution in [0.25, 0.3) is 6.08 Å². The molecule has 2 N–H and O–H groups in total. The summed E-state index contributed by atoms with van der Waals surface area (Å²) in [6.07, 6.45) is 2.17. The Morgan fingerprint density at radius 2 is 1.75 bits per heavy atom. The van der Waals surface area contributed by atoms with Gasteiger partial charge in [-0.15, -0.1) is 0 Å². The predicted molar refractivity (Wildman–Crippen MR) is 103 cm³/mol. The normalized spacial score (nSPS) is 14.1. The third kappa shape index (κ3) is 2.94. The number of aromatic nitrogens is 2. The summed E-state index contributed by atoms with van der Waals surface area (Å²) in [5.74, 6) is -0.122. The van der Waals surface area contributed by atoms with Gasteiger partial charge in [-0.3, -0.25) is 18.7 Å². The molecule has 3 rings (SSSR count). The van der Waals surface area contributed by atoms with Crippen molar-refractivity contribution in [3.05, 3.63) is 49.8 Å². The zero-order valence-electron chi connectivity index (χ0n) is 16.0. The highest BCUT2D eigenvalue weighted by molar-refractivity contribution is 6.19. The van der Waals surface area contributed by atoms with Crippen LogP contribution in [-0.2, 0) is 13.6 Å². The van der Waals surface area contributed by atoms with E-state index in [1.54, 1.807) is 0 Å². The van der Waals surface area contributed by atoms with Crippen molar-refractivity contribution in [2.24, 2.45) is 7.05 Å². The van der Waals surface area contributed by atoms with E-state index in [0.29, 0.717) is 18.5 Å². The molecule has 1 aromatic heterocycles. The van der Waals surface area contributed by atoms with Crippen molar-refractivity contribution in [2.75, 3.05) is 19.5 Å². The van der Waals surface area contributed by atoms with Crippen LogP contribution in [0.4, 0.5) is 5.82 Å². The summed E-state index contributed by atoms with van der Waals surface area (Å²) in [6.45, 7) is 2.26. The molecule has 0 fully saturated rings. The average Bonchev–Trinajstić information content (AvgIpc) is 3.00. The fourth-order valence-electron chi connectivity index (χ4n) is 3.12. The van der Waals surface area contributed by atoms with Gasteiger partial charge in [-0.1, -0.05) is 6.92 Å². The first-order chi connectivity index (χ1) is 13.3. The fraction of sp³-hybridized carbons (Fsp3) is 0.316. The first kappa shape index (κ1) is 19.3. The van der Waals surface area contributed by atoms with Crippen LogP contribution in [-0.4, -0.2) is 34.2 Å². The van der Waals surface area contributed by atoms with Gasteiger partial charge < -0.3 is 19.9 Å². The number of phenolic OH excluding ortho intramolecular Hbond substituents is 1. The lowest BCUT2D eigenvalue weighted by molar-refractivity contribution is 0.104. The van der Waals surface area contributed by atoms with Gasteiger partial charge in [0.1, 0.15) is 11.4 Å². The number of nitrogens with zero attached hydrogens (tertiary/aromatic N) is 2. The van der Waals surface area contributed by atoms with E-state index < -0.39 is 17.0 Å². The minimum atomic E-state index is -0.644. The molecular weight excluding hydrogens is 366 g/mol. The standard InChI is InChI=1S/C19H21N3O6/c1-5-6-22-17-14(18(25)21(2)19(22)26)15(23)11(20-17)7-10-8-12(27-3)16(24)13(9-10)28-4/h7-9,20,24H,5-6H2,1-4H3/b11-7-. The van der Waals surface area contributed by atoms with Gasteiger partial charge in [-0.25, -0.2) is 4.79 Å². The number of phenols is 1. The van der Waals surface area contributed by atoms with Gasteiger partial charge >= 0.3 is 5.69 Å². The van der Waals surface area contributed by atoms with Crippen LogP contribution in [0.15, 0.2) is 27.4 Å². The van der Waals surface area contributed by atoms with Crippen molar-refractivity contribution in [2.45, 2.75) is 19.9 Å². The lowest BCUT2D eigenvalue weighted by Gasteiger charge is -2.12. The van der Waals surface area contributed by atoms with Crippen LogP contribution in [0.3, 0.4) is 0 Å². The first-order valence-electron chi connectivity index (χ1n) is 8.66. The van der Waals surface area contributed by atoms with Gasteiger partial charge in [0.25, 0.3) is 5.56 Å². The highest BCUT2D eigenvalue weighted by Crippen LogP contribution is 2.38. The molecule has 0 spiro atoms. The molecule has 0 aliphatic carbocycles. The van der Waals surface area contributed by atoms with Gasteiger partial charge in [0, 0.05) is 13.6 Å². The number of methoxy groups -OCH3 is 2. The predicted octanol–water partition coefficient (Wildman–Crippen LogP) is 1.33. The minimum absolute atomic E-state index is 0.0699. The summed E-state index contributed by atoms with van der Waals surface area (Å²) < 4.78 is 12.6. The zero-order chi connectivity index (χ0) is 20.6. The van der Waals surface area contributed by atoms with Crippen molar-refractivity contribution < 1.29 is 19.4 Å². The Balaban J connectivity index is 2.15. The number of carbonyl (C=O) groups excluding carboxylic acids is 1. The van der Waals surface area contributed by atoms with Crippen LogP contribution < -0.4 is 26.0 Å². The van der Waals surface area contributed by atoms with E-state index in [2.05, 4.69) is 5.32 Å². The first-order valence-corrected chi connectivity index (χ1v) is 8.66. The molecule has 0 atom stereocenters. The number of hydrogen-bond donors (Lipinski definition) is 2. The summed E-state index contributed by atoms with van der Waals surface area (Å²) in [5, 5.41) is 12.9. The van der Waals surface area contributed by atoms with Gasteiger partial charge in [-0.05, 0) is 30.2 Å². The zero-order valence-corrected chi connectivity index (χ0v) is 16.0. The van der Waals surface area contributed by atoms with Crippen LogP contribution in [0.1, 0.15) is 29.3 Å². The molecule has 148 valence electrons. The second-order valence-electron chi connectivity index (χ2n) is 6.31. The minimum Gasteiger partial charge on any atom is -0.502 e. The molecule has 1 aliphatic rings. The highest BCUT2D eigenvalue weighted by Gasteiger charge is 2.32. The van der Waals surface area contributed by atoms with Gasteiger partial charge in [0.2, 0.25) is 11.5 Å². The molecule has 0 saturated carbocycles. The maximum absolute atomic E-state index is 12.8. The van der Waals surface area contributed by atoms with E-state index in [-0.39, 0.29) is 34.3 Å². The molecule has 28 heavy (non-hydrogen) atoms. The molecule has 9 nitrogen and oxygen atoms in total. The molecule has 0 bridgehead atoms. The summed E-state index contributed by atoms with van der Waals surface area (Å²) >= 11 is 0. The molecule has 0 saturated heterocycles. The third-order valence-electron chi connectivity index (χ3n) is 4.53. The van der Waals surface area contributed by atoms with Crippen molar-refractivity contribution in [3.8, 4) is 17.2 Å². The summed E-state index contributed by atoms with van der Waals surface area (Å²) in [7, 11) is 4.14. The lowest BCUT2D eigenvalue weighted by atomic mass is 10.1. The molecular formula is C19H21N3O6. The number of ketones is 1. The summed E-state index contributed by atoms with van der Waals surface area (Å²) in [5.41, 5.74) is -0.553. The Morgan fingerprint density at radius 3 is 2.29 bits per heavy atom. The number of nitrogens with one attached hydrogen (secondary N) is 1. The van der Waals surface area contributed by atoms with E-state index >= 15 is 0 Å². The molecule has 1 aliphatic heterocycles. The number of benzene rings is 1. The smallest absolute Gasteiger partial charge is 0.332 e. The quantitative estimate of drug-likeness (QED) is 0.745. The van der Waals surface area contributed by atoms with Crippen LogP contribution >= 0.6 is 0 Å². The topological polar surface area (TPSA) is 112 Å². The largest absolute Gasteiger partial charge is 0.502 e. The second-order valence-corrected chi connectivity index (χ2v) is 6.31. The highest BCUT2D eigenvalue weighted by atomic mass is 16.5. The SMILES string of the molecule is CCCn1c2c(c(=O)n(C)c1=O)C(=O)/C(=C/c1cc(OC)c(O)c(OC)c1)N2. The van der Waals surface area contributed by atoms with E-state index in [1.807, 2.05) is 6.92 Å².